The molecule has 0 aliphatic carbocycles. The van der Waals surface area contributed by atoms with Gasteiger partial charge in [0.2, 0.25) is 0 Å². The topological polar surface area (TPSA) is 14.2 Å². The summed E-state index contributed by atoms with van der Waals surface area (Å²) in [7, 11) is 0. The van der Waals surface area contributed by atoms with Crippen LogP contribution in [0.15, 0.2) is 91.0 Å². The van der Waals surface area contributed by atoms with Gasteiger partial charge in [0.1, 0.15) is 12.4 Å². The molecule has 2 nitrogen and oxygen atoms in total. The monoisotopic (exact) mass is 437 g/mol. The van der Waals surface area contributed by atoms with Crippen molar-refractivity contribution in [2.75, 3.05) is 0 Å². The zero-order chi connectivity index (χ0) is 22.9. The smallest absolute Gasteiger partial charge is 0.119 e. The van der Waals surface area contributed by atoms with E-state index in [4.69, 9.17) is 4.74 Å². The average molecular weight is 438 g/mol. The third-order valence-electron chi connectivity index (χ3n) is 6.24. The van der Waals surface area contributed by atoms with Crippen molar-refractivity contribution in [2.45, 2.75) is 59.0 Å². The Morgan fingerprint density at radius 2 is 1.39 bits per heavy atom. The van der Waals surface area contributed by atoms with Crippen molar-refractivity contribution in [1.82, 2.24) is 4.57 Å². The van der Waals surface area contributed by atoms with E-state index in [0.717, 1.165) is 5.75 Å². The molecule has 4 rings (SSSR count). The maximum Gasteiger partial charge on any atom is 0.119 e. The second-order valence-corrected chi connectivity index (χ2v) is 8.82. The van der Waals surface area contributed by atoms with E-state index >= 15 is 0 Å². The fourth-order valence-corrected chi connectivity index (χ4v) is 4.31. The third-order valence-corrected chi connectivity index (χ3v) is 6.24. The fraction of sp³-hybridized carbons (Fsp3) is 0.290. The minimum atomic E-state index is 0.584. The van der Waals surface area contributed by atoms with Gasteiger partial charge >= 0.3 is 0 Å². The summed E-state index contributed by atoms with van der Waals surface area (Å²) < 4.78 is 8.30. The van der Waals surface area contributed by atoms with Crippen molar-refractivity contribution < 1.29 is 4.74 Å². The Labute approximate surface area is 198 Å². The van der Waals surface area contributed by atoms with Crippen LogP contribution in [0.1, 0.15) is 55.8 Å². The molecule has 0 unspecified atom stereocenters. The molecule has 33 heavy (non-hydrogen) atoms. The molecule has 0 fully saturated rings. The predicted octanol–water partition coefficient (Wildman–Crippen LogP) is 8.54. The number of hydrogen-bond donors (Lipinski definition) is 0. The summed E-state index contributed by atoms with van der Waals surface area (Å²) in [5, 5.41) is 0. The highest BCUT2D eigenvalue weighted by Crippen LogP contribution is 2.28. The minimum absolute atomic E-state index is 0.584. The van der Waals surface area contributed by atoms with E-state index in [1.165, 1.54) is 72.3 Å². The molecular formula is C31H35NO. The standard InChI is InChI=1S/C31H35NO/c1-3-4-5-6-8-11-26-15-19-29(20-16-26)32-25(2)14-23-31(32)28-17-21-30(22-18-28)33-24-27-12-9-7-10-13-27/h7,9-10,12-23H,3-6,8,11,24H2,1-2H3. The van der Waals surface area contributed by atoms with Crippen molar-refractivity contribution in [1.29, 1.82) is 0 Å². The zero-order valence-electron chi connectivity index (χ0n) is 20.0. The van der Waals surface area contributed by atoms with Gasteiger partial charge in [-0.3, -0.25) is 0 Å². The highest BCUT2D eigenvalue weighted by molar-refractivity contribution is 5.65. The molecular weight excluding hydrogens is 402 g/mol. The Morgan fingerprint density at radius 3 is 2.12 bits per heavy atom. The van der Waals surface area contributed by atoms with Gasteiger partial charge in [-0.25, -0.2) is 0 Å². The Bertz CT molecular complexity index is 1110. The van der Waals surface area contributed by atoms with E-state index in [0.29, 0.717) is 6.61 Å². The summed E-state index contributed by atoms with van der Waals surface area (Å²) in [6.45, 7) is 5.02. The van der Waals surface area contributed by atoms with Gasteiger partial charge in [-0.1, -0.05) is 75.1 Å². The largest absolute Gasteiger partial charge is 0.489 e. The van der Waals surface area contributed by atoms with Crippen LogP contribution in [-0.2, 0) is 13.0 Å². The van der Waals surface area contributed by atoms with Crippen LogP contribution in [0.4, 0.5) is 0 Å². The molecule has 1 aromatic heterocycles. The number of aromatic nitrogens is 1. The number of hydrogen-bond acceptors (Lipinski definition) is 1. The summed E-state index contributed by atoms with van der Waals surface area (Å²) >= 11 is 0. The van der Waals surface area contributed by atoms with Crippen molar-refractivity contribution in [3.8, 4) is 22.7 Å². The van der Waals surface area contributed by atoms with Gasteiger partial charge in [0.25, 0.3) is 0 Å². The van der Waals surface area contributed by atoms with Gasteiger partial charge in [0.15, 0.2) is 0 Å². The van der Waals surface area contributed by atoms with Gasteiger partial charge in [-0.15, -0.1) is 0 Å². The molecule has 1 heterocycles. The van der Waals surface area contributed by atoms with Crippen LogP contribution in [0.5, 0.6) is 5.75 Å². The first kappa shape index (κ1) is 22.9. The molecule has 0 aliphatic heterocycles. The van der Waals surface area contributed by atoms with Crippen LogP contribution in [0.3, 0.4) is 0 Å². The van der Waals surface area contributed by atoms with Gasteiger partial charge < -0.3 is 9.30 Å². The van der Waals surface area contributed by atoms with E-state index in [-0.39, 0.29) is 0 Å². The van der Waals surface area contributed by atoms with Crippen LogP contribution < -0.4 is 4.74 Å². The normalized spacial score (nSPS) is 11.0. The molecule has 0 aliphatic rings. The van der Waals surface area contributed by atoms with Crippen LogP contribution in [0, 0.1) is 6.92 Å². The SMILES string of the molecule is CCCCCCCc1ccc(-n2c(C)ccc2-c2ccc(OCc3ccccc3)cc2)cc1. The number of benzene rings is 3. The second-order valence-electron chi connectivity index (χ2n) is 8.82. The van der Waals surface area contributed by atoms with Gasteiger partial charge in [0.05, 0.1) is 5.69 Å². The number of rotatable bonds is 11. The third kappa shape index (κ3) is 6.16. The lowest BCUT2D eigenvalue weighted by Gasteiger charge is -2.14. The first-order valence-electron chi connectivity index (χ1n) is 12.3. The molecule has 2 heteroatoms. The van der Waals surface area contributed by atoms with Crippen molar-refractivity contribution in [3.63, 3.8) is 0 Å². The Hall–Kier alpha value is -3.26. The fourth-order valence-electron chi connectivity index (χ4n) is 4.31. The van der Waals surface area contributed by atoms with Crippen LogP contribution in [0.2, 0.25) is 0 Å². The van der Waals surface area contributed by atoms with Crippen molar-refractivity contribution in [3.05, 3.63) is 108 Å². The Balaban J connectivity index is 1.43. The molecule has 0 saturated carbocycles. The number of ether oxygens (including phenoxy) is 1. The highest BCUT2D eigenvalue weighted by Gasteiger charge is 2.10. The molecule has 0 amide bonds. The lowest BCUT2D eigenvalue weighted by atomic mass is 10.1. The van der Waals surface area contributed by atoms with Gasteiger partial charge in [-0.2, -0.15) is 0 Å². The number of unbranched alkanes of at least 4 members (excludes halogenated alkanes) is 4. The van der Waals surface area contributed by atoms with Crippen LogP contribution in [-0.4, -0.2) is 4.57 Å². The Morgan fingerprint density at radius 1 is 0.667 bits per heavy atom. The van der Waals surface area contributed by atoms with Gasteiger partial charge in [-0.05, 0) is 85.0 Å². The summed E-state index contributed by atoms with van der Waals surface area (Å²) in [6, 6.07) is 32.2. The number of nitrogens with zero attached hydrogens (tertiary/aromatic N) is 1. The second kappa shape index (κ2) is 11.6. The molecule has 0 radical (unpaired) electrons. The van der Waals surface area contributed by atoms with Crippen LogP contribution >= 0.6 is 0 Å². The summed E-state index contributed by atoms with van der Waals surface area (Å²) in [6.07, 6.45) is 7.81. The quantitative estimate of drug-likeness (QED) is 0.214. The lowest BCUT2D eigenvalue weighted by molar-refractivity contribution is 0.306. The molecule has 0 spiro atoms. The summed E-state index contributed by atoms with van der Waals surface area (Å²) in [5.74, 6) is 0.890. The van der Waals surface area contributed by atoms with E-state index in [1.807, 2.05) is 18.2 Å². The maximum atomic E-state index is 5.96. The van der Waals surface area contributed by atoms with E-state index < -0.39 is 0 Å². The first-order valence-corrected chi connectivity index (χ1v) is 12.3. The maximum absolute atomic E-state index is 5.96. The lowest BCUT2D eigenvalue weighted by Crippen LogP contribution is -2.00. The molecule has 0 N–H and O–H groups in total. The molecule has 0 saturated heterocycles. The first-order chi connectivity index (χ1) is 16.2. The number of aryl methyl sites for hydroxylation is 2. The Kier molecular flexibility index (Phi) is 8.03. The molecule has 4 aromatic rings. The molecule has 0 atom stereocenters. The van der Waals surface area contributed by atoms with Crippen molar-refractivity contribution >= 4 is 0 Å². The average Bonchev–Trinajstić information content (AvgIpc) is 3.25. The van der Waals surface area contributed by atoms with Crippen molar-refractivity contribution in [2.24, 2.45) is 0 Å². The highest BCUT2D eigenvalue weighted by atomic mass is 16.5. The van der Waals surface area contributed by atoms with Gasteiger partial charge in [0, 0.05) is 11.4 Å². The van der Waals surface area contributed by atoms with E-state index in [1.54, 1.807) is 0 Å². The summed E-state index contributed by atoms with van der Waals surface area (Å²) in [5.41, 5.74) is 7.45. The molecule has 3 aromatic carbocycles. The molecule has 170 valence electrons. The zero-order valence-corrected chi connectivity index (χ0v) is 20.0. The predicted molar refractivity (Wildman–Crippen MR) is 139 cm³/mol. The molecule has 0 bridgehead atoms. The van der Waals surface area contributed by atoms with Crippen LogP contribution in [0.25, 0.3) is 16.9 Å². The summed E-state index contributed by atoms with van der Waals surface area (Å²) in [4.78, 5) is 0. The van der Waals surface area contributed by atoms with E-state index in [9.17, 15) is 0 Å². The minimum Gasteiger partial charge on any atom is -0.489 e. The van der Waals surface area contributed by atoms with E-state index in [2.05, 4.69) is 91.2 Å².